The number of aromatic nitrogens is 2. The summed E-state index contributed by atoms with van der Waals surface area (Å²) in [6.07, 6.45) is 4.94. The number of halogens is 1. The second-order valence-electron chi connectivity index (χ2n) is 6.00. The Morgan fingerprint density at radius 3 is 2.62 bits per heavy atom. The molecule has 0 spiro atoms. The van der Waals surface area contributed by atoms with Crippen LogP contribution < -0.4 is 4.90 Å². The maximum atomic E-state index is 6.18. The fourth-order valence-corrected chi connectivity index (χ4v) is 4.83. The summed E-state index contributed by atoms with van der Waals surface area (Å²) in [7, 11) is 2.17. The number of likely N-dealkylation sites (N-methyl/N-ethyl adjacent to an activating group) is 1. The van der Waals surface area contributed by atoms with Crippen molar-refractivity contribution in [3.05, 3.63) is 15.7 Å². The van der Waals surface area contributed by atoms with Gasteiger partial charge in [0, 0.05) is 31.1 Å². The van der Waals surface area contributed by atoms with Crippen LogP contribution in [0.5, 0.6) is 0 Å². The van der Waals surface area contributed by atoms with E-state index in [-0.39, 0.29) is 0 Å². The van der Waals surface area contributed by atoms with E-state index in [1.165, 1.54) is 41.5 Å². The third-order valence-corrected chi connectivity index (χ3v) is 5.93. The van der Waals surface area contributed by atoms with Crippen molar-refractivity contribution >= 4 is 39.0 Å². The molecule has 0 radical (unpaired) electrons. The topological polar surface area (TPSA) is 32.3 Å². The maximum absolute atomic E-state index is 6.18. The normalized spacial score (nSPS) is 20.0. The van der Waals surface area contributed by atoms with E-state index in [2.05, 4.69) is 26.8 Å². The molecule has 2 aromatic heterocycles. The minimum atomic E-state index is 0.384. The first-order valence-electron chi connectivity index (χ1n) is 7.63. The molecule has 0 aromatic carbocycles. The number of piperazine rings is 1. The zero-order chi connectivity index (χ0) is 14.4. The minimum absolute atomic E-state index is 0.384. The Morgan fingerprint density at radius 2 is 1.81 bits per heavy atom. The molecule has 2 aromatic rings. The number of aryl methyl sites for hydroxylation is 2. The summed E-state index contributed by atoms with van der Waals surface area (Å²) < 4.78 is 0. The van der Waals surface area contributed by atoms with Crippen LogP contribution in [0.2, 0.25) is 5.28 Å². The van der Waals surface area contributed by atoms with E-state index in [1.54, 1.807) is 0 Å². The van der Waals surface area contributed by atoms with Crippen molar-refractivity contribution in [1.82, 2.24) is 14.9 Å². The lowest BCUT2D eigenvalue weighted by molar-refractivity contribution is 0.312. The summed E-state index contributed by atoms with van der Waals surface area (Å²) >= 11 is 8.00. The minimum Gasteiger partial charge on any atom is -0.353 e. The Bertz CT molecular complexity index is 676. The first kappa shape index (κ1) is 13.7. The molecule has 0 N–H and O–H groups in total. The zero-order valence-corrected chi connectivity index (χ0v) is 13.8. The van der Waals surface area contributed by atoms with E-state index in [4.69, 9.17) is 11.6 Å². The van der Waals surface area contributed by atoms with E-state index in [0.29, 0.717) is 5.28 Å². The Hall–Kier alpha value is -0.910. The highest BCUT2D eigenvalue weighted by atomic mass is 35.5. The third-order valence-electron chi connectivity index (χ3n) is 4.57. The van der Waals surface area contributed by atoms with Gasteiger partial charge in [-0.15, -0.1) is 11.3 Å². The zero-order valence-electron chi connectivity index (χ0n) is 12.2. The molecule has 21 heavy (non-hydrogen) atoms. The fourth-order valence-electron chi connectivity index (χ4n) is 3.36. The largest absolute Gasteiger partial charge is 0.353 e. The second-order valence-corrected chi connectivity index (χ2v) is 7.42. The third kappa shape index (κ3) is 2.41. The van der Waals surface area contributed by atoms with E-state index in [9.17, 15) is 0 Å². The van der Waals surface area contributed by atoms with Gasteiger partial charge in [-0.25, -0.2) is 4.98 Å². The Balaban J connectivity index is 1.85. The van der Waals surface area contributed by atoms with Gasteiger partial charge in [0.05, 0.1) is 5.39 Å². The van der Waals surface area contributed by atoms with Gasteiger partial charge in [0.15, 0.2) is 0 Å². The van der Waals surface area contributed by atoms with Crippen molar-refractivity contribution in [2.24, 2.45) is 0 Å². The van der Waals surface area contributed by atoms with Gasteiger partial charge in [-0.3, -0.25) is 0 Å². The number of fused-ring (bicyclic) bond motifs is 3. The van der Waals surface area contributed by atoms with Crippen molar-refractivity contribution < 1.29 is 0 Å². The highest BCUT2D eigenvalue weighted by Crippen LogP contribution is 2.40. The SMILES string of the molecule is CN1CCN(c2nc(Cl)nc3sc4c(c23)CCCC4)CC1. The van der Waals surface area contributed by atoms with E-state index < -0.39 is 0 Å². The first-order valence-corrected chi connectivity index (χ1v) is 8.83. The summed E-state index contributed by atoms with van der Waals surface area (Å²) in [6, 6.07) is 0. The van der Waals surface area contributed by atoms with Gasteiger partial charge in [0.1, 0.15) is 10.6 Å². The average Bonchev–Trinajstić information content (AvgIpc) is 2.85. The van der Waals surface area contributed by atoms with Crippen LogP contribution in [-0.2, 0) is 12.8 Å². The van der Waals surface area contributed by atoms with E-state index in [0.717, 1.165) is 36.8 Å². The van der Waals surface area contributed by atoms with Gasteiger partial charge in [0.25, 0.3) is 0 Å². The lowest BCUT2D eigenvalue weighted by Gasteiger charge is -2.33. The molecule has 0 unspecified atom stereocenters. The molecule has 1 aliphatic carbocycles. The smallest absolute Gasteiger partial charge is 0.225 e. The van der Waals surface area contributed by atoms with Crippen molar-refractivity contribution in [2.75, 3.05) is 38.1 Å². The number of thiophene rings is 1. The monoisotopic (exact) mass is 322 g/mol. The molecule has 0 amide bonds. The number of hydrogen-bond acceptors (Lipinski definition) is 5. The summed E-state index contributed by atoms with van der Waals surface area (Å²) in [4.78, 5) is 16.4. The van der Waals surface area contributed by atoms with Crippen LogP contribution in [0.4, 0.5) is 5.82 Å². The average molecular weight is 323 g/mol. The van der Waals surface area contributed by atoms with Gasteiger partial charge in [-0.05, 0) is 49.9 Å². The molecule has 2 aliphatic rings. The van der Waals surface area contributed by atoms with Crippen LogP contribution in [0, 0.1) is 0 Å². The molecule has 1 saturated heterocycles. The molecule has 6 heteroatoms. The van der Waals surface area contributed by atoms with E-state index in [1.807, 2.05) is 11.3 Å². The predicted molar refractivity (Wildman–Crippen MR) is 88.8 cm³/mol. The van der Waals surface area contributed by atoms with Gasteiger partial charge in [-0.1, -0.05) is 0 Å². The second kappa shape index (κ2) is 5.38. The molecule has 1 aliphatic heterocycles. The summed E-state index contributed by atoms with van der Waals surface area (Å²) in [5.74, 6) is 1.07. The van der Waals surface area contributed by atoms with Crippen molar-refractivity contribution in [3.63, 3.8) is 0 Å². The van der Waals surface area contributed by atoms with Crippen LogP contribution >= 0.6 is 22.9 Å². The molecule has 0 bridgehead atoms. The quantitative estimate of drug-likeness (QED) is 0.756. The molecule has 0 atom stereocenters. The molecular formula is C15H19ClN4S. The van der Waals surface area contributed by atoms with Crippen LogP contribution in [0.3, 0.4) is 0 Å². The van der Waals surface area contributed by atoms with E-state index >= 15 is 0 Å². The molecular weight excluding hydrogens is 304 g/mol. The fraction of sp³-hybridized carbons (Fsp3) is 0.600. The van der Waals surface area contributed by atoms with Crippen molar-refractivity contribution in [2.45, 2.75) is 25.7 Å². The van der Waals surface area contributed by atoms with Gasteiger partial charge < -0.3 is 9.80 Å². The number of rotatable bonds is 1. The van der Waals surface area contributed by atoms with Crippen LogP contribution in [0.1, 0.15) is 23.3 Å². The lowest BCUT2D eigenvalue weighted by Crippen LogP contribution is -2.45. The molecule has 0 saturated carbocycles. The predicted octanol–water partition coefficient (Wildman–Crippen LogP) is 2.98. The van der Waals surface area contributed by atoms with Crippen LogP contribution in [0.25, 0.3) is 10.2 Å². The number of hydrogen-bond donors (Lipinski definition) is 0. The van der Waals surface area contributed by atoms with Crippen LogP contribution in [-0.4, -0.2) is 48.1 Å². The molecule has 1 fully saturated rings. The lowest BCUT2D eigenvalue weighted by atomic mass is 9.97. The Morgan fingerprint density at radius 1 is 1.05 bits per heavy atom. The molecule has 4 nitrogen and oxygen atoms in total. The molecule has 112 valence electrons. The highest BCUT2D eigenvalue weighted by Gasteiger charge is 2.25. The molecule has 3 heterocycles. The number of anilines is 1. The number of nitrogens with zero attached hydrogens (tertiary/aromatic N) is 4. The summed E-state index contributed by atoms with van der Waals surface area (Å²) in [5.41, 5.74) is 1.49. The maximum Gasteiger partial charge on any atom is 0.225 e. The summed E-state index contributed by atoms with van der Waals surface area (Å²) in [6.45, 7) is 4.19. The van der Waals surface area contributed by atoms with Gasteiger partial charge in [-0.2, -0.15) is 4.98 Å². The summed E-state index contributed by atoms with van der Waals surface area (Å²) in [5, 5.41) is 1.67. The first-order chi connectivity index (χ1) is 10.2. The molecule has 4 rings (SSSR count). The standard InChI is InChI=1S/C15H19ClN4S/c1-19-6-8-20(9-7-19)13-12-10-4-2-3-5-11(10)21-14(12)18-15(16)17-13/h2-9H2,1H3. The van der Waals surface area contributed by atoms with Gasteiger partial charge >= 0.3 is 0 Å². The Labute approximate surface area is 133 Å². The van der Waals surface area contributed by atoms with Crippen molar-refractivity contribution in [3.8, 4) is 0 Å². The highest BCUT2D eigenvalue weighted by molar-refractivity contribution is 7.19. The van der Waals surface area contributed by atoms with Crippen LogP contribution in [0.15, 0.2) is 0 Å². The Kier molecular flexibility index (Phi) is 3.52. The van der Waals surface area contributed by atoms with Gasteiger partial charge in [0.2, 0.25) is 5.28 Å². The van der Waals surface area contributed by atoms with Crippen molar-refractivity contribution in [1.29, 1.82) is 0 Å².